The number of alkyl halides is 1. The second-order valence-corrected chi connectivity index (χ2v) is 4.65. The number of halogens is 1. The summed E-state index contributed by atoms with van der Waals surface area (Å²) >= 11 is 0. The van der Waals surface area contributed by atoms with Crippen molar-refractivity contribution in [3.05, 3.63) is 47.5 Å². The molecule has 1 aromatic carbocycles. The third kappa shape index (κ3) is 1.95. The highest BCUT2D eigenvalue weighted by Crippen LogP contribution is 2.39. The van der Waals surface area contributed by atoms with Crippen LogP contribution in [0, 0.1) is 0 Å². The van der Waals surface area contributed by atoms with Crippen molar-refractivity contribution in [3.8, 4) is 0 Å². The molecule has 5 heteroatoms. The van der Waals surface area contributed by atoms with E-state index in [4.69, 9.17) is 0 Å². The van der Waals surface area contributed by atoms with Crippen LogP contribution in [0.4, 0.5) is 4.39 Å². The molecule has 0 spiro atoms. The molecule has 0 amide bonds. The lowest BCUT2D eigenvalue weighted by Crippen LogP contribution is -2.04. The van der Waals surface area contributed by atoms with E-state index in [-0.39, 0.29) is 17.5 Å². The number of aromatic nitrogens is 3. The van der Waals surface area contributed by atoms with Gasteiger partial charge < -0.3 is 0 Å². The molecule has 19 heavy (non-hydrogen) atoms. The topological polar surface area (TPSA) is 47.8 Å². The molecule has 1 aliphatic rings. The average Bonchev–Trinajstić information content (AvgIpc) is 3.00. The minimum absolute atomic E-state index is 0.123. The third-order valence-electron chi connectivity index (χ3n) is 3.44. The fourth-order valence-corrected chi connectivity index (χ4v) is 2.43. The molecule has 0 N–H and O–H groups in total. The Kier molecular flexibility index (Phi) is 2.89. The predicted molar refractivity (Wildman–Crippen MR) is 67.7 cm³/mol. The number of hydrogen-bond donors (Lipinski definition) is 0. The maximum absolute atomic E-state index is 14.0. The number of carbonyl (C=O) groups excluding carboxylic acids is 1. The maximum Gasteiger partial charge on any atom is 0.217 e. The lowest BCUT2D eigenvalue weighted by Gasteiger charge is -2.07. The number of fused-ring (bicyclic) bond motifs is 1. The van der Waals surface area contributed by atoms with Crippen molar-refractivity contribution in [1.29, 1.82) is 0 Å². The second kappa shape index (κ2) is 4.57. The summed E-state index contributed by atoms with van der Waals surface area (Å²) in [6.45, 7) is 1.75. The summed E-state index contributed by atoms with van der Waals surface area (Å²) in [6, 6.07) is 9.65. The van der Waals surface area contributed by atoms with E-state index in [1.165, 1.54) is 4.68 Å². The Morgan fingerprint density at radius 3 is 2.84 bits per heavy atom. The van der Waals surface area contributed by atoms with Crippen LogP contribution in [-0.2, 0) is 0 Å². The van der Waals surface area contributed by atoms with Gasteiger partial charge in [0.1, 0.15) is 5.82 Å². The van der Waals surface area contributed by atoms with Crippen LogP contribution in [0.5, 0.6) is 0 Å². The molecule has 2 heterocycles. The van der Waals surface area contributed by atoms with Gasteiger partial charge >= 0.3 is 0 Å². The molecule has 1 aliphatic heterocycles. The van der Waals surface area contributed by atoms with Gasteiger partial charge in [0.25, 0.3) is 0 Å². The van der Waals surface area contributed by atoms with Gasteiger partial charge in [-0.1, -0.05) is 37.3 Å². The van der Waals surface area contributed by atoms with Crippen LogP contribution in [0.1, 0.15) is 54.0 Å². The first-order valence-corrected chi connectivity index (χ1v) is 6.39. The fraction of sp³-hybridized carbons (Fsp3) is 0.357. The summed E-state index contributed by atoms with van der Waals surface area (Å²) in [5, 5.41) is 4.00. The molecule has 4 nitrogen and oxygen atoms in total. The molecule has 0 fully saturated rings. The number of ketones is 1. The quantitative estimate of drug-likeness (QED) is 0.796. The Labute approximate surface area is 110 Å². The molecule has 0 saturated carbocycles. The summed E-state index contributed by atoms with van der Waals surface area (Å²) in [4.78, 5) is 15.8. The number of nitrogens with zero attached hydrogens (tertiary/aromatic N) is 3. The van der Waals surface area contributed by atoms with E-state index in [1.54, 1.807) is 6.92 Å². The van der Waals surface area contributed by atoms with Gasteiger partial charge in [0.2, 0.25) is 11.6 Å². The molecular weight excluding hydrogens is 245 g/mol. The molecule has 3 rings (SSSR count). The SMILES string of the molecule is CCC(=O)c1nc2n(n1)C(F)CC2c1ccccc1. The predicted octanol–water partition coefficient (Wildman–Crippen LogP) is 2.87. The monoisotopic (exact) mass is 259 g/mol. The molecule has 2 atom stereocenters. The Hall–Kier alpha value is -2.04. The number of hydrogen-bond acceptors (Lipinski definition) is 3. The van der Waals surface area contributed by atoms with Gasteiger partial charge in [0, 0.05) is 18.8 Å². The van der Waals surface area contributed by atoms with Crippen molar-refractivity contribution < 1.29 is 9.18 Å². The van der Waals surface area contributed by atoms with Gasteiger partial charge in [-0.05, 0) is 5.56 Å². The minimum atomic E-state index is -1.20. The Morgan fingerprint density at radius 2 is 2.16 bits per heavy atom. The molecule has 0 radical (unpaired) electrons. The zero-order valence-electron chi connectivity index (χ0n) is 10.6. The van der Waals surface area contributed by atoms with Gasteiger partial charge in [-0.3, -0.25) is 4.79 Å². The molecule has 0 saturated heterocycles. The van der Waals surface area contributed by atoms with Gasteiger partial charge in [-0.2, -0.15) is 0 Å². The number of rotatable bonds is 3. The van der Waals surface area contributed by atoms with E-state index in [0.717, 1.165) is 5.56 Å². The van der Waals surface area contributed by atoms with Crippen LogP contribution < -0.4 is 0 Å². The number of benzene rings is 1. The number of Topliss-reactive ketones (excluding diaryl/α,β-unsaturated/α-hetero) is 1. The lowest BCUT2D eigenvalue weighted by atomic mass is 9.97. The first kappa shape index (κ1) is 12.0. The zero-order valence-corrected chi connectivity index (χ0v) is 10.6. The first-order valence-electron chi connectivity index (χ1n) is 6.39. The van der Waals surface area contributed by atoms with E-state index >= 15 is 0 Å². The Bertz CT molecular complexity index is 608. The highest BCUT2D eigenvalue weighted by molar-refractivity contribution is 5.92. The van der Waals surface area contributed by atoms with Gasteiger partial charge in [0.15, 0.2) is 6.30 Å². The van der Waals surface area contributed by atoms with Crippen LogP contribution in [0.15, 0.2) is 30.3 Å². The second-order valence-electron chi connectivity index (χ2n) is 4.65. The molecule has 0 bridgehead atoms. The van der Waals surface area contributed by atoms with Crippen molar-refractivity contribution in [2.24, 2.45) is 0 Å². The zero-order chi connectivity index (χ0) is 13.4. The Balaban J connectivity index is 2.02. The molecule has 2 unspecified atom stereocenters. The molecule has 2 aromatic rings. The van der Waals surface area contributed by atoms with Crippen molar-refractivity contribution in [2.45, 2.75) is 32.0 Å². The molecular formula is C14H14FN3O. The van der Waals surface area contributed by atoms with E-state index in [2.05, 4.69) is 10.1 Å². The molecule has 0 aliphatic carbocycles. The van der Waals surface area contributed by atoms with E-state index < -0.39 is 6.30 Å². The summed E-state index contributed by atoms with van der Waals surface area (Å²) < 4.78 is 15.2. The molecule has 1 aromatic heterocycles. The van der Waals surface area contributed by atoms with Gasteiger partial charge in [-0.15, -0.1) is 5.10 Å². The van der Waals surface area contributed by atoms with E-state index in [9.17, 15) is 9.18 Å². The standard InChI is InChI=1S/C14H14FN3O/c1-2-11(19)13-16-14-10(8-12(15)18(14)17-13)9-6-4-3-5-7-9/h3-7,10,12H,2,8H2,1H3. The van der Waals surface area contributed by atoms with Crippen molar-refractivity contribution in [2.75, 3.05) is 0 Å². The average molecular weight is 259 g/mol. The van der Waals surface area contributed by atoms with Crippen molar-refractivity contribution >= 4 is 5.78 Å². The van der Waals surface area contributed by atoms with Crippen molar-refractivity contribution in [1.82, 2.24) is 14.8 Å². The fourth-order valence-electron chi connectivity index (χ4n) is 2.43. The van der Waals surface area contributed by atoms with Crippen molar-refractivity contribution in [3.63, 3.8) is 0 Å². The summed E-state index contributed by atoms with van der Waals surface area (Å²) in [6.07, 6.45) is -0.540. The number of carbonyl (C=O) groups is 1. The normalized spacial score (nSPS) is 21.4. The summed E-state index contributed by atoms with van der Waals surface area (Å²) in [5.74, 6) is 0.402. The van der Waals surface area contributed by atoms with E-state index in [0.29, 0.717) is 18.7 Å². The highest BCUT2D eigenvalue weighted by Gasteiger charge is 2.35. The highest BCUT2D eigenvalue weighted by atomic mass is 19.1. The molecule has 98 valence electrons. The van der Waals surface area contributed by atoms with Crippen LogP contribution >= 0.6 is 0 Å². The third-order valence-corrected chi connectivity index (χ3v) is 3.44. The minimum Gasteiger partial charge on any atom is -0.291 e. The summed E-state index contributed by atoms with van der Waals surface area (Å²) in [5.41, 5.74) is 1.01. The lowest BCUT2D eigenvalue weighted by molar-refractivity contribution is 0.0976. The first-order chi connectivity index (χ1) is 9.20. The van der Waals surface area contributed by atoms with Crippen LogP contribution in [-0.4, -0.2) is 20.5 Å². The largest absolute Gasteiger partial charge is 0.291 e. The van der Waals surface area contributed by atoms with E-state index in [1.807, 2.05) is 30.3 Å². The smallest absolute Gasteiger partial charge is 0.217 e. The summed E-state index contributed by atoms with van der Waals surface area (Å²) in [7, 11) is 0. The maximum atomic E-state index is 14.0. The van der Waals surface area contributed by atoms with Crippen LogP contribution in [0.3, 0.4) is 0 Å². The van der Waals surface area contributed by atoms with Crippen LogP contribution in [0.2, 0.25) is 0 Å². The van der Waals surface area contributed by atoms with Gasteiger partial charge in [0.05, 0.1) is 0 Å². The van der Waals surface area contributed by atoms with Crippen LogP contribution in [0.25, 0.3) is 0 Å². The Morgan fingerprint density at radius 1 is 1.42 bits per heavy atom. The van der Waals surface area contributed by atoms with Gasteiger partial charge in [-0.25, -0.2) is 14.1 Å².